The molecule has 16 heteroatoms. The number of nitrogens with zero attached hydrogens (tertiary/aromatic N) is 1. The van der Waals surface area contributed by atoms with Gasteiger partial charge in [0.2, 0.25) is 17.9 Å². The van der Waals surface area contributed by atoms with E-state index in [9.17, 15) is 29.4 Å². The number of nitrogens with two attached hydrogens (primary N) is 6. The first-order chi connectivity index (χ1) is 27.8. The molecule has 0 aliphatic rings. The largest absolute Gasteiger partial charge is 0.508 e. The van der Waals surface area contributed by atoms with Gasteiger partial charge in [-0.05, 0) is 74.2 Å². The molecular formula is C43H65N7O9. The van der Waals surface area contributed by atoms with Crippen molar-refractivity contribution in [1.29, 1.82) is 0 Å². The Morgan fingerprint density at radius 2 is 1.20 bits per heavy atom. The molecule has 0 aromatic heterocycles. The fourth-order valence-corrected chi connectivity index (χ4v) is 7.95. The second kappa shape index (κ2) is 23.2. The van der Waals surface area contributed by atoms with Crippen LogP contribution < -0.4 is 34.4 Å². The Balaban J connectivity index is 3.42. The maximum atomic E-state index is 15.9. The number of carboxylic acid groups (broad SMARTS) is 1. The summed E-state index contributed by atoms with van der Waals surface area (Å²) >= 11 is 0. The Kier molecular flexibility index (Phi) is 19.8. The number of aromatic hydroxyl groups is 1. The van der Waals surface area contributed by atoms with Gasteiger partial charge in [-0.3, -0.25) is 33.7 Å². The van der Waals surface area contributed by atoms with E-state index < -0.39 is 95.1 Å². The van der Waals surface area contributed by atoms with Crippen molar-refractivity contribution >= 4 is 41.4 Å². The van der Waals surface area contributed by atoms with E-state index in [1.54, 1.807) is 51.1 Å². The zero-order chi connectivity index (χ0) is 44.7. The molecule has 14 N–H and O–H groups in total. The molecule has 16 nitrogen and oxygen atoms in total. The van der Waals surface area contributed by atoms with Crippen LogP contribution in [-0.4, -0.2) is 98.8 Å². The summed E-state index contributed by atoms with van der Waals surface area (Å²) in [5.74, 6) is -12.0. The molecule has 2 rings (SSSR count). The van der Waals surface area contributed by atoms with Gasteiger partial charge < -0.3 is 44.6 Å². The van der Waals surface area contributed by atoms with Crippen LogP contribution in [0.5, 0.6) is 5.75 Å². The Bertz CT molecular complexity index is 1740. The molecule has 8 atom stereocenters. The highest BCUT2D eigenvalue weighted by Crippen LogP contribution is 2.50. The van der Waals surface area contributed by atoms with Gasteiger partial charge in [0.05, 0.1) is 30.2 Å². The lowest BCUT2D eigenvalue weighted by Crippen LogP contribution is -2.82. The third kappa shape index (κ3) is 11.3. The van der Waals surface area contributed by atoms with Crippen LogP contribution >= 0.6 is 0 Å². The summed E-state index contributed by atoms with van der Waals surface area (Å²) in [6.45, 7) is 6.53. The van der Waals surface area contributed by atoms with Crippen molar-refractivity contribution in [3.63, 3.8) is 0 Å². The number of ketones is 4. The number of benzene rings is 2. The number of aliphatic carboxylic acids is 1. The van der Waals surface area contributed by atoms with Crippen molar-refractivity contribution in [3.8, 4) is 5.75 Å². The standard InChI is InChI=1S/C43H65N7O9/c1-5-7-14-31(45)36(53)30(20-21-44)42(37(54)33(47)22-26(3)4,38(55)34(48)23-27-12-10-9-11-13-27)43(41(58)59,39(56)32(46)15-8-6-2)50(25-51)40(57)35(49)24-28-16-18-29(52)19-17-28/h9-13,16-19,25-26,30-35,52H,5-8,14-15,20-24,44-49H2,1-4H3,(H,58,59). The highest BCUT2D eigenvalue weighted by atomic mass is 16.4. The molecule has 2 aromatic carbocycles. The van der Waals surface area contributed by atoms with Gasteiger partial charge in [0, 0.05) is 5.92 Å². The summed E-state index contributed by atoms with van der Waals surface area (Å²) in [6.07, 6.45) is -0.382. The number of unbranched alkanes of at least 4 members (excludes halogenated alkanes) is 2. The van der Waals surface area contributed by atoms with E-state index in [1.165, 1.54) is 24.3 Å². The zero-order valence-corrected chi connectivity index (χ0v) is 34.8. The highest BCUT2D eigenvalue weighted by molar-refractivity contribution is 6.28. The molecule has 59 heavy (non-hydrogen) atoms. The van der Waals surface area contributed by atoms with Crippen LogP contribution in [-0.2, 0) is 46.4 Å². The van der Waals surface area contributed by atoms with Crippen LogP contribution in [0.3, 0.4) is 0 Å². The third-order valence-corrected chi connectivity index (χ3v) is 10.9. The highest BCUT2D eigenvalue weighted by Gasteiger charge is 2.77. The predicted octanol–water partition coefficient (Wildman–Crippen LogP) is 1.28. The number of hydrogen-bond acceptors (Lipinski definition) is 14. The van der Waals surface area contributed by atoms with E-state index in [0.717, 1.165) is 0 Å². The minimum Gasteiger partial charge on any atom is -0.508 e. The van der Waals surface area contributed by atoms with Crippen molar-refractivity contribution in [2.45, 2.75) is 128 Å². The number of amides is 2. The van der Waals surface area contributed by atoms with Gasteiger partial charge in [0.15, 0.2) is 23.1 Å². The first-order valence-electron chi connectivity index (χ1n) is 20.3. The maximum absolute atomic E-state index is 15.9. The zero-order valence-electron chi connectivity index (χ0n) is 34.8. The molecule has 0 aliphatic carbocycles. The van der Waals surface area contributed by atoms with Crippen LogP contribution in [0.25, 0.3) is 0 Å². The first-order valence-corrected chi connectivity index (χ1v) is 20.3. The molecule has 0 radical (unpaired) electrons. The Hall–Kier alpha value is -4.71. The summed E-state index contributed by atoms with van der Waals surface area (Å²) in [7, 11) is 0. The number of carbonyl (C=O) groups excluding carboxylic acids is 6. The predicted molar refractivity (Wildman–Crippen MR) is 223 cm³/mol. The number of phenols is 1. The molecule has 0 bridgehead atoms. The minimum atomic E-state index is -3.91. The van der Waals surface area contributed by atoms with Crippen LogP contribution in [0.15, 0.2) is 54.6 Å². The quantitative estimate of drug-likeness (QED) is 0.0443. The Morgan fingerprint density at radius 3 is 1.69 bits per heavy atom. The van der Waals surface area contributed by atoms with E-state index in [0.29, 0.717) is 30.4 Å². The van der Waals surface area contributed by atoms with Gasteiger partial charge in [0.25, 0.3) is 0 Å². The lowest BCUT2D eigenvalue weighted by molar-refractivity contribution is -0.189. The van der Waals surface area contributed by atoms with Crippen LogP contribution in [0.1, 0.15) is 90.2 Å². The Labute approximate surface area is 346 Å². The molecule has 2 aromatic rings. The fourth-order valence-electron chi connectivity index (χ4n) is 7.95. The van der Waals surface area contributed by atoms with Crippen molar-refractivity contribution in [2.24, 2.45) is 51.7 Å². The second-order valence-corrected chi connectivity index (χ2v) is 15.8. The molecule has 0 saturated heterocycles. The smallest absolute Gasteiger partial charge is 0.339 e. The number of carbonyl (C=O) groups is 7. The molecule has 0 aliphatic heterocycles. The van der Waals surface area contributed by atoms with Crippen LogP contribution in [0.4, 0.5) is 0 Å². The van der Waals surface area contributed by atoms with Gasteiger partial charge in [-0.15, -0.1) is 0 Å². The van der Waals surface area contributed by atoms with Gasteiger partial charge in [0.1, 0.15) is 11.2 Å². The number of hydrogen-bond donors (Lipinski definition) is 8. The molecule has 0 fully saturated rings. The van der Waals surface area contributed by atoms with Gasteiger partial charge in [-0.2, -0.15) is 0 Å². The summed E-state index contributed by atoms with van der Waals surface area (Å²) in [5.41, 5.74) is 32.3. The average molecular weight is 824 g/mol. The maximum Gasteiger partial charge on any atom is 0.339 e. The molecular weight excluding hydrogens is 759 g/mol. The van der Waals surface area contributed by atoms with Crippen molar-refractivity contribution in [1.82, 2.24) is 4.90 Å². The number of rotatable bonds is 28. The van der Waals surface area contributed by atoms with E-state index in [1.807, 2.05) is 6.92 Å². The van der Waals surface area contributed by atoms with Gasteiger partial charge in [-0.1, -0.05) is 95.8 Å². The summed E-state index contributed by atoms with van der Waals surface area (Å²) in [6, 6.07) is 4.99. The van der Waals surface area contributed by atoms with Crippen molar-refractivity contribution in [2.75, 3.05) is 6.54 Å². The number of phenolic OH excluding ortho intramolecular Hbond substituents is 1. The van der Waals surface area contributed by atoms with Gasteiger partial charge >= 0.3 is 5.97 Å². The number of carboxylic acids is 1. The molecule has 8 unspecified atom stereocenters. The summed E-state index contributed by atoms with van der Waals surface area (Å²) < 4.78 is 0. The lowest BCUT2D eigenvalue weighted by Gasteiger charge is -2.53. The van der Waals surface area contributed by atoms with E-state index >= 15 is 14.4 Å². The monoisotopic (exact) mass is 823 g/mol. The molecule has 0 saturated carbocycles. The minimum absolute atomic E-state index is 0.0147. The second-order valence-electron chi connectivity index (χ2n) is 15.8. The third-order valence-electron chi connectivity index (χ3n) is 10.9. The lowest BCUT2D eigenvalue weighted by atomic mass is 9.50. The number of Topliss-reactive ketones (excluding diaryl/α,β-unsaturated/α-hetero) is 4. The molecule has 326 valence electrons. The molecule has 2 amide bonds. The van der Waals surface area contributed by atoms with Crippen molar-refractivity contribution in [3.05, 3.63) is 65.7 Å². The topological polar surface area (TPSA) is 319 Å². The number of imide groups is 1. The fraction of sp³-hybridized carbons (Fsp3) is 0.558. The van der Waals surface area contributed by atoms with E-state index in [4.69, 9.17) is 34.4 Å². The molecule has 0 heterocycles. The van der Waals surface area contributed by atoms with Gasteiger partial charge in [-0.25, -0.2) is 4.79 Å². The Morgan fingerprint density at radius 1 is 0.695 bits per heavy atom. The SMILES string of the molecule is CCCCC(N)C(=O)C(CCN)C(C(=O)C(N)Cc1ccccc1)(C(=O)C(N)CC(C)C)C(C(=O)O)(C(=O)C(N)CCCC)N(C=O)C(=O)C(N)Cc1ccc(O)cc1. The van der Waals surface area contributed by atoms with Crippen LogP contribution in [0, 0.1) is 17.3 Å². The molecule has 0 spiro atoms. The van der Waals surface area contributed by atoms with E-state index in [2.05, 4.69) is 0 Å². The summed E-state index contributed by atoms with van der Waals surface area (Å²) in [5, 5.41) is 21.6. The first kappa shape index (κ1) is 50.4. The van der Waals surface area contributed by atoms with Crippen LogP contribution in [0.2, 0.25) is 0 Å². The van der Waals surface area contributed by atoms with Crippen molar-refractivity contribution < 1.29 is 43.8 Å². The average Bonchev–Trinajstić information content (AvgIpc) is 3.20. The van der Waals surface area contributed by atoms with E-state index in [-0.39, 0.29) is 61.5 Å². The summed E-state index contributed by atoms with van der Waals surface area (Å²) in [4.78, 5) is 105. The normalized spacial score (nSPS) is 16.7.